The lowest BCUT2D eigenvalue weighted by atomic mass is 10.00. The molecule has 3 unspecified atom stereocenters. The molecule has 1 saturated carbocycles. The quantitative estimate of drug-likeness (QED) is 0.526. The second-order valence-corrected chi connectivity index (χ2v) is 7.65. The van der Waals surface area contributed by atoms with Crippen LogP contribution < -0.4 is 10.6 Å². The van der Waals surface area contributed by atoms with E-state index in [-0.39, 0.29) is 0 Å². The van der Waals surface area contributed by atoms with Gasteiger partial charge in [0.2, 0.25) is 0 Å². The highest BCUT2D eigenvalue weighted by atomic mass is 32.1. The number of hydrogen-bond acceptors (Lipinski definition) is 3. The molecule has 0 aliphatic heterocycles. The second-order valence-electron chi connectivity index (χ2n) is 6.87. The number of aliphatic hydroxyl groups is 1. The molecule has 0 bridgehead atoms. The fourth-order valence-electron chi connectivity index (χ4n) is 3.05. The molecule has 1 aliphatic carbocycles. The number of guanidine groups is 1. The molecular formula is C20H27N3OS. The number of benzene rings is 1. The minimum atomic E-state index is -0.936. The van der Waals surface area contributed by atoms with Crippen LogP contribution in [0.4, 0.5) is 0 Å². The van der Waals surface area contributed by atoms with Gasteiger partial charge in [-0.1, -0.05) is 30.3 Å². The maximum Gasteiger partial charge on any atom is 0.191 e. The van der Waals surface area contributed by atoms with Gasteiger partial charge in [-0.05, 0) is 60.1 Å². The Morgan fingerprint density at radius 3 is 2.76 bits per heavy atom. The normalized spacial score (nSPS) is 22.3. The van der Waals surface area contributed by atoms with Gasteiger partial charge in [0.25, 0.3) is 0 Å². The minimum absolute atomic E-state index is 0.339. The first-order valence-corrected chi connectivity index (χ1v) is 9.86. The van der Waals surface area contributed by atoms with Crippen molar-refractivity contribution in [1.82, 2.24) is 10.6 Å². The Labute approximate surface area is 154 Å². The first-order chi connectivity index (χ1) is 12.1. The third-order valence-corrected chi connectivity index (χ3v) is 5.40. The van der Waals surface area contributed by atoms with Gasteiger partial charge in [-0.15, -0.1) is 0 Å². The Morgan fingerprint density at radius 2 is 2.08 bits per heavy atom. The SMILES string of the molecule is CCNC(=NCC(C)(O)c1ccsc1)NCC1CC1c1ccccc1. The molecule has 1 aliphatic rings. The van der Waals surface area contributed by atoms with Gasteiger partial charge in [-0.3, -0.25) is 0 Å². The monoisotopic (exact) mass is 357 g/mol. The average Bonchev–Trinajstić information content (AvgIpc) is 3.17. The first-order valence-electron chi connectivity index (χ1n) is 8.92. The summed E-state index contributed by atoms with van der Waals surface area (Å²) in [4.78, 5) is 4.59. The molecule has 1 fully saturated rings. The zero-order valence-electron chi connectivity index (χ0n) is 14.9. The van der Waals surface area contributed by atoms with E-state index in [0.717, 1.165) is 24.6 Å². The van der Waals surface area contributed by atoms with Crippen LogP contribution >= 0.6 is 11.3 Å². The summed E-state index contributed by atoms with van der Waals surface area (Å²) >= 11 is 1.59. The van der Waals surface area contributed by atoms with Crippen molar-refractivity contribution in [3.63, 3.8) is 0 Å². The molecule has 2 aromatic rings. The number of nitrogens with zero attached hydrogens (tertiary/aromatic N) is 1. The van der Waals surface area contributed by atoms with E-state index in [0.29, 0.717) is 18.4 Å². The van der Waals surface area contributed by atoms with Gasteiger partial charge in [-0.2, -0.15) is 11.3 Å². The molecule has 3 atom stereocenters. The third kappa shape index (κ3) is 4.83. The lowest BCUT2D eigenvalue weighted by molar-refractivity contribution is 0.0677. The van der Waals surface area contributed by atoms with E-state index < -0.39 is 5.60 Å². The van der Waals surface area contributed by atoms with E-state index in [1.54, 1.807) is 11.3 Å². The lowest BCUT2D eigenvalue weighted by Crippen LogP contribution is -2.39. The molecule has 3 N–H and O–H groups in total. The maximum atomic E-state index is 10.6. The summed E-state index contributed by atoms with van der Waals surface area (Å²) < 4.78 is 0. The van der Waals surface area contributed by atoms with Crippen molar-refractivity contribution in [3.8, 4) is 0 Å². The Hall–Kier alpha value is -1.85. The largest absolute Gasteiger partial charge is 0.383 e. The van der Waals surface area contributed by atoms with Gasteiger partial charge in [-0.25, -0.2) is 4.99 Å². The molecule has 0 radical (unpaired) electrons. The highest BCUT2D eigenvalue weighted by Crippen LogP contribution is 2.46. The molecule has 4 nitrogen and oxygen atoms in total. The molecule has 25 heavy (non-hydrogen) atoms. The van der Waals surface area contributed by atoms with Crippen molar-refractivity contribution in [2.24, 2.45) is 10.9 Å². The van der Waals surface area contributed by atoms with E-state index in [1.807, 2.05) is 23.8 Å². The molecule has 3 rings (SSSR count). The van der Waals surface area contributed by atoms with Crippen molar-refractivity contribution in [3.05, 3.63) is 58.3 Å². The molecule has 5 heteroatoms. The van der Waals surface area contributed by atoms with Crippen LogP contribution in [-0.2, 0) is 5.60 Å². The summed E-state index contributed by atoms with van der Waals surface area (Å²) in [5, 5.41) is 21.3. The Kier molecular flexibility index (Phi) is 5.76. The van der Waals surface area contributed by atoms with E-state index in [9.17, 15) is 5.11 Å². The summed E-state index contributed by atoms with van der Waals surface area (Å²) in [5.74, 6) is 2.09. The van der Waals surface area contributed by atoms with Crippen molar-refractivity contribution in [2.45, 2.75) is 31.8 Å². The van der Waals surface area contributed by atoms with Crippen molar-refractivity contribution in [1.29, 1.82) is 0 Å². The summed E-state index contributed by atoms with van der Waals surface area (Å²) in [7, 11) is 0. The fourth-order valence-corrected chi connectivity index (χ4v) is 3.83. The first kappa shape index (κ1) is 18.0. The van der Waals surface area contributed by atoms with E-state index in [4.69, 9.17) is 0 Å². The zero-order chi connectivity index (χ0) is 17.7. The molecule has 1 aromatic heterocycles. The third-order valence-electron chi connectivity index (χ3n) is 4.71. The van der Waals surface area contributed by atoms with Gasteiger partial charge >= 0.3 is 0 Å². The molecule has 1 aromatic carbocycles. The second kappa shape index (κ2) is 8.02. The minimum Gasteiger partial charge on any atom is -0.383 e. The highest BCUT2D eigenvalue weighted by molar-refractivity contribution is 7.08. The summed E-state index contributed by atoms with van der Waals surface area (Å²) in [6.45, 7) is 5.92. The van der Waals surface area contributed by atoms with Crippen LogP contribution in [0.3, 0.4) is 0 Å². The Bertz CT molecular complexity index is 682. The maximum absolute atomic E-state index is 10.6. The Balaban J connectivity index is 1.53. The average molecular weight is 358 g/mol. The number of hydrogen-bond donors (Lipinski definition) is 3. The van der Waals surface area contributed by atoms with Crippen molar-refractivity contribution < 1.29 is 5.11 Å². The summed E-state index contributed by atoms with van der Waals surface area (Å²) in [6.07, 6.45) is 1.23. The zero-order valence-corrected chi connectivity index (χ0v) is 15.7. The number of nitrogens with one attached hydrogen (secondary N) is 2. The van der Waals surface area contributed by atoms with Crippen LogP contribution in [0, 0.1) is 5.92 Å². The molecule has 134 valence electrons. The van der Waals surface area contributed by atoms with E-state index in [1.165, 1.54) is 12.0 Å². The van der Waals surface area contributed by atoms with E-state index in [2.05, 4.69) is 52.9 Å². The highest BCUT2D eigenvalue weighted by Gasteiger charge is 2.37. The number of thiophene rings is 1. The molecule has 0 amide bonds. The Morgan fingerprint density at radius 1 is 1.28 bits per heavy atom. The van der Waals surface area contributed by atoms with Crippen LogP contribution in [0.2, 0.25) is 0 Å². The van der Waals surface area contributed by atoms with Crippen LogP contribution in [0.1, 0.15) is 37.3 Å². The van der Waals surface area contributed by atoms with Crippen LogP contribution in [0.5, 0.6) is 0 Å². The van der Waals surface area contributed by atoms with Crippen LogP contribution in [0.15, 0.2) is 52.2 Å². The van der Waals surface area contributed by atoms with Gasteiger partial charge in [0.1, 0.15) is 5.60 Å². The molecule has 0 saturated heterocycles. The molecule has 1 heterocycles. The predicted molar refractivity (Wildman–Crippen MR) is 105 cm³/mol. The summed E-state index contributed by atoms with van der Waals surface area (Å²) in [6, 6.07) is 12.7. The molecular weight excluding hydrogens is 330 g/mol. The van der Waals surface area contributed by atoms with E-state index >= 15 is 0 Å². The molecule has 0 spiro atoms. The van der Waals surface area contributed by atoms with Crippen molar-refractivity contribution >= 4 is 17.3 Å². The summed E-state index contributed by atoms with van der Waals surface area (Å²) in [5.41, 5.74) is 1.41. The van der Waals surface area contributed by atoms with Gasteiger partial charge in [0, 0.05) is 13.1 Å². The standard InChI is InChI=1S/C20H27N3OS/c1-3-21-19(23-14-20(2,24)17-9-10-25-13-17)22-12-16-11-18(16)15-7-5-4-6-8-15/h4-10,13,16,18,24H,3,11-12,14H2,1-2H3,(H2,21,22,23). The topological polar surface area (TPSA) is 56.7 Å². The van der Waals surface area contributed by atoms with Crippen LogP contribution in [-0.4, -0.2) is 30.7 Å². The van der Waals surface area contributed by atoms with Gasteiger partial charge in [0.15, 0.2) is 5.96 Å². The number of rotatable bonds is 7. The predicted octanol–water partition coefficient (Wildman–Crippen LogP) is 3.31. The van der Waals surface area contributed by atoms with Gasteiger partial charge in [0.05, 0.1) is 6.54 Å². The number of aliphatic imine (C=N–C) groups is 1. The lowest BCUT2D eigenvalue weighted by Gasteiger charge is -2.21. The van der Waals surface area contributed by atoms with Crippen LogP contribution in [0.25, 0.3) is 0 Å². The van der Waals surface area contributed by atoms with Gasteiger partial charge < -0.3 is 15.7 Å². The van der Waals surface area contributed by atoms with Crippen molar-refractivity contribution in [2.75, 3.05) is 19.6 Å². The fraction of sp³-hybridized carbons (Fsp3) is 0.450. The smallest absolute Gasteiger partial charge is 0.191 e.